The van der Waals surface area contributed by atoms with E-state index in [0.717, 1.165) is 0 Å². The van der Waals surface area contributed by atoms with E-state index in [1.54, 1.807) is 13.0 Å². The predicted octanol–water partition coefficient (Wildman–Crippen LogP) is 2.76. The lowest BCUT2D eigenvalue weighted by Gasteiger charge is -2.15. The van der Waals surface area contributed by atoms with E-state index in [2.05, 4.69) is 15.9 Å². The zero-order chi connectivity index (χ0) is 14.5. The highest BCUT2D eigenvalue weighted by molar-refractivity contribution is 9.10. The predicted molar refractivity (Wildman–Crippen MR) is 73.7 cm³/mol. The fraction of sp³-hybridized carbons (Fsp3) is 0.417. The number of hydrogen-bond acceptors (Lipinski definition) is 5. The first-order chi connectivity index (χ1) is 8.85. The van der Waals surface area contributed by atoms with E-state index in [1.165, 1.54) is 12.1 Å². The Kier molecular flexibility index (Phi) is 5.27. The SMILES string of the molecule is CC(N)(C#N)CCCOc1cc([N+](=O)[O-])ccc1Br. The van der Waals surface area contributed by atoms with Crippen LogP contribution < -0.4 is 10.5 Å². The average molecular weight is 328 g/mol. The zero-order valence-electron chi connectivity index (χ0n) is 10.4. The minimum absolute atomic E-state index is 0.0288. The van der Waals surface area contributed by atoms with Gasteiger partial charge in [-0.2, -0.15) is 5.26 Å². The van der Waals surface area contributed by atoms with Crippen molar-refractivity contribution >= 4 is 21.6 Å². The van der Waals surface area contributed by atoms with Gasteiger partial charge in [0, 0.05) is 6.07 Å². The number of ether oxygens (including phenoxy) is 1. The quantitative estimate of drug-likeness (QED) is 0.491. The summed E-state index contributed by atoms with van der Waals surface area (Å²) < 4.78 is 6.10. The summed E-state index contributed by atoms with van der Waals surface area (Å²) in [6.45, 7) is 1.99. The van der Waals surface area contributed by atoms with Gasteiger partial charge in [0.2, 0.25) is 0 Å². The van der Waals surface area contributed by atoms with Crippen LogP contribution in [0.5, 0.6) is 5.75 Å². The Morgan fingerprint density at radius 2 is 2.32 bits per heavy atom. The maximum absolute atomic E-state index is 10.6. The molecule has 0 amide bonds. The summed E-state index contributed by atoms with van der Waals surface area (Å²) in [6.07, 6.45) is 1.09. The second kappa shape index (κ2) is 6.50. The van der Waals surface area contributed by atoms with Crippen molar-refractivity contribution in [1.82, 2.24) is 0 Å². The van der Waals surface area contributed by atoms with Gasteiger partial charge in [0.05, 0.1) is 28.1 Å². The van der Waals surface area contributed by atoms with Crippen molar-refractivity contribution in [3.05, 3.63) is 32.8 Å². The molecular formula is C12H14BrN3O3. The lowest BCUT2D eigenvalue weighted by molar-refractivity contribution is -0.385. The Hall–Kier alpha value is -1.65. The molecule has 0 bridgehead atoms. The number of nitrogens with two attached hydrogens (primary N) is 1. The minimum atomic E-state index is -0.872. The molecule has 0 saturated carbocycles. The van der Waals surface area contributed by atoms with Crippen LogP contribution in [-0.4, -0.2) is 17.1 Å². The number of nitrogens with zero attached hydrogens (tertiary/aromatic N) is 2. The first kappa shape index (κ1) is 15.4. The molecular weight excluding hydrogens is 314 g/mol. The monoisotopic (exact) mass is 327 g/mol. The number of nitro benzene ring substituents is 1. The number of nitriles is 1. The van der Waals surface area contributed by atoms with Crippen LogP contribution in [0.15, 0.2) is 22.7 Å². The summed E-state index contributed by atoms with van der Waals surface area (Å²) in [7, 11) is 0. The van der Waals surface area contributed by atoms with Gasteiger partial charge in [0.1, 0.15) is 11.3 Å². The van der Waals surface area contributed by atoms with Crippen LogP contribution in [0.3, 0.4) is 0 Å². The highest BCUT2D eigenvalue weighted by Crippen LogP contribution is 2.29. The van der Waals surface area contributed by atoms with Gasteiger partial charge >= 0.3 is 0 Å². The first-order valence-electron chi connectivity index (χ1n) is 5.62. The summed E-state index contributed by atoms with van der Waals surface area (Å²) >= 11 is 3.26. The van der Waals surface area contributed by atoms with E-state index in [9.17, 15) is 10.1 Å². The number of rotatable bonds is 6. The lowest BCUT2D eigenvalue weighted by atomic mass is 10.00. The summed E-state index contributed by atoms with van der Waals surface area (Å²) in [4.78, 5) is 10.2. The third kappa shape index (κ3) is 4.85. The fourth-order valence-electron chi connectivity index (χ4n) is 1.39. The molecule has 1 aromatic rings. The van der Waals surface area contributed by atoms with E-state index >= 15 is 0 Å². The van der Waals surface area contributed by atoms with Crippen LogP contribution in [0, 0.1) is 21.4 Å². The van der Waals surface area contributed by atoms with Crippen molar-refractivity contribution in [3.63, 3.8) is 0 Å². The molecule has 0 aliphatic carbocycles. The Labute approximate surface area is 119 Å². The maximum atomic E-state index is 10.6. The molecule has 6 nitrogen and oxygen atoms in total. The summed E-state index contributed by atoms with van der Waals surface area (Å²) in [6, 6.07) is 6.31. The molecule has 1 aromatic carbocycles. The van der Waals surface area contributed by atoms with Crippen LogP contribution in [0.1, 0.15) is 19.8 Å². The van der Waals surface area contributed by atoms with Crippen LogP contribution in [0.2, 0.25) is 0 Å². The normalized spacial score (nSPS) is 13.4. The lowest BCUT2D eigenvalue weighted by Crippen LogP contribution is -2.34. The van der Waals surface area contributed by atoms with E-state index in [0.29, 0.717) is 29.7 Å². The molecule has 19 heavy (non-hydrogen) atoms. The molecule has 0 saturated heterocycles. The standard InChI is InChI=1S/C12H14BrN3O3/c1-12(15,8-14)5-2-6-19-11-7-9(16(17)18)3-4-10(11)13/h3-4,7H,2,5-6,15H2,1H3. The van der Waals surface area contributed by atoms with Gasteiger partial charge in [-0.3, -0.25) is 10.1 Å². The fourth-order valence-corrected chi connectivity index (χ4v) is 1.75. The molecule has 7 heteroatoms. The van der Waals surface area contributed by atoms with Crippen molar-refractivity contribution in [2.45, 2.75) is 25.3 Å². The summed E-state index contributed by atoms with van der Waals surface area (Å²) in [5, 5.41) is 19.4. The maximum Gasteiger partial charge on any atom is 0.273 e. The van der Waals surface area contributed by atoms with Gasteiger partial charge in [0.15, 0.2) is 0 Å². The van der Waals surface area contributed by atoms with Gasteiger partial charge < -0.3 is 10.5 Å². The molecule has 0 aromatic heterocycles. The van der Waals surface area contributed by atoms with Crippen LogP contribution in [0.4, 0.5) is 5.69 Å². The number of non-ortho nitro benzene ring substituents is 1. The second-order valence-corrected chi connectivity index (χ2v) is 5.21. The first-order valence-corrected chi connectivity index (χ1v) is 6.42. The molecule has 0 aliphatic rings. The van der Waals surface area contributed by atoms with E-state index in [-0.39, 0.29) is 5.69 Å². The topological polar surface area (TPSA) is 102 Å². The second-order valence-electron chi connectivity index (χ2n) is 4.35. The number of halogens is 1. The van der Waals surface area contributed by atoms with Gasteiger partial charge in [-0.1, -0.05) is 0 Å². The molecule has 2 N–H and O–H groups in total. The van der Waals surface area contributed by atoms with Crippen molar-refractivity contribution in [3.8, 4) is 11.8 Å². The molecule has 0 spiro atoms. The number of hydrogen-bond donors (Lipinski definition) is 1. The van der Waals surface area contributed by atoms with Crippen molar-refractivity contribution < 1.29 is 9.66 Å². The Morgan fingerprint density at radius 1 is 1.63 bits per heavy atom. The van der Waals surface area contributed by atoms with Crippen LogP contribution in [-0.2, 0) is 0 Å². The minimum Gasteiger partial charge on any atom is -0.492 e. The number of benzene rings is 1. The smallest absolute Gasteiger partial charge is 0.273 e. The summed E-state index contributed by atoms with van der Waals surface area (Å²) in [5.74, 6) is 0.407. The van der Waals surface area contributed by atoms with Crippen molar-refractivity contribution in [2.24, 2.45) is 5.73 Å². The van der Waals surface area contributed by atoms with E-state index in [4.69, 9.17) is 15.7 Å². The summed E-state index contributed by atoms with van der Waals surface area (Å²) in [5.41, 5.74) is 4.77. The molecule has 102 valence electrons. The van der Waals surface area contributed by atoms with E-state index < -0.39 is 10.5 Å². The molecule has 0 heterocycles. The number of nitro groups is 1. The largest absolute Gasteiger partial charge is 0.492 e. The molecule has 1 atom stereocenters. The highest BCUT2D eigenvalue weighted by Gasteiger charge is 2.16. The van der Waals surface area contributed by atoms with Gasteiger partial charge in [-0.15, -0.1) is 0 Å². The molecule has 1 rings (SSSR count). The van der Waals surface area contributed by atoms with E-state index in [1.807, 2.05) is 6.07 Å². The zero-order valence-corrected chi connectivity index (χ0v) is 12.0. The van der Waals surface area contributed by atoms with Gasteiger partial charge in [0.25, 0.3) is 5.69 Å². The van der Waals surface area contributed by atoms with Crippen LogP contribution >= 0.6 is 15.9 Å². The third-order valence-corrected chi connectivity index (χ3v) is 3.13. The average Bonchev–Trinajstić information content (AvgIpc) is 2.36. The Balaban J connectivity index is 2.56. The molecule has 1 unspecified atom stereocenters. The molecule has 0 fully saturated rings. The third-order valence-electron chi connectivity index (χ3n) is 2.48. The molecule has 0 radical (unpaired) electrons. The van der Waals surface area contributed by atoms with Gasteiger partial charge in [-0.25, -0.2) is 0 Å². The Morgan fingerprint density at radius 3 is 2.89 bits per heavy atom. The van der Waals surface area contributed by atoms with Crippen molar-refractivity contribution in [1.29, 1.82) is 5.26 Å². The molecule has 0 aliphatic heterocycles. The highest BCUT2D eigenvalue weighted by atomic mass is 79.9. The Bertz CT molecular complexity index is 511. The van der Waals surface area contributed by atoms with Gasteiger partial charge in [-0.05, 0) is 41.8 Å². The van der Waals surface area contributed by atoms with Crippen molar-refractivity contribution in [2.75, 3.05) is 6.61 Å². The van der Waals surface area contributed by atoms with Crippen LogP contribution in [0.25, 0.3) is 0 Å².